The number of ether oxygens (including phenoxy) is 1. The zero-order valence-electron chi connectivity index (χ0n) is 10.4. The number of halogens is 1. The quantitative estimate of drug-likeness (QED) is 0.838. The zero-order valence-corrected chi connectivity index (χ0v) is 11.1. The number of rotatable bonds is 4. The second kappa shape index (κ2) is 5.69. The Kier molecular flexibility index (Phi) is 4.24. The summed E-state index contributed by atoms with van der Waals surface area (Å²) in [5.41, 5.74) is 2.06. The van der Waals surface area contributed by atoms with Gasteiger partial charge >= 0.3 is 0 Å². The Morgan fingerprint density at radius 1 is 1.65 bits per heavy atom. The van der Waals surface area contributed by atoms with Gasteiger partial charge in [0.05, 0.1) is 12.3 Å². The molecular weight excluding hydrogens is 236 g/mol. The van der Waals surface area contributed by atoms with Crippen molar-refractivity contribution >= 4 is 17.3 Å². The van der Waals surface area contributed by atoms with Gasteiger partial charge in [-0.25, -0.2) is 4.98 Å². The molecule has 1 aromatic heterocycles. The third-order valence-electron chi connectivity index (χ3n) is 3.29. The van der Waals surface area contributed by atoms with E-state index in [4.69, 9.17) is 16.3 Å². The van der Waals surface area contributed by atoms with Gasteiger partial charge in [0.1, 0.15) is 0 Å². The van der Waals surface area contributed by atoms with Gasteiger partial charge in [-0.15, -0.1) is 0 Å². The van der Waals surface area contributed by atoms with Gasteiger partial charge in [0.2, 0.25) is 0 Å². The molecule has 0 bridgehead atoms. The number of hydrogen-bond donors (Lipinski definition) is 1. The minimum absolute atomic E-state index is 0.415. The molecule has 0 amide bonds. The summed E-state index contributed by atoms with van der Waals surface area (Å²) in [4.78, 5) is 4.16. The summed E-state index contributed by atoms with van der Waals surface area (Å²) < 4.78 is 5.44. The van der Waals surface area contributed by atoms with Crippen LogP contribution in [-0.4, -0.2) is 24.2 Å². The Balaban J connectivity index is 2.09. The van der Waals surface area contributed by atoms with Crippen LogP contribution in [0.5, 0.6) is 0 Å². The van der Waals surface area contributed by atoms with Crippen molar-refractivity contribution < 1.29 is 4.74 Å². The van der Waals surface area contributed by atoms with Crippen molar-refractivity contribution in [1.29, 1.82) is 0 Å². The van der Waals surface area contributed by atoms with Crippen LogP contribution < -0.4 is 5.32 Å². The smallest absolute Gasteiger partial charge is 0.152 e. The van der Waals surface area contributed by atoms with E-state index in [1.165, 1.54) is 0 Å². The highest BCUT2D eigenvalue weighted by Gasteiger charge is 2.24. The van der Waals surface area contributed by atoms with Gasteiger partial charge in [0.15, 0.2) is 5.15 Å². The predicted octanol–water partition coefficient (Wildman–Crippen LogP) is 3.27. The van der Waals surface area contributed by atoms with Gasteiger partial charge in [-0.2, -0.15) is 0 Å². The molecule has 0 spiro atoms. The summed E-state index contributed by atoms with van der Waals surface area (Å²) >= 11 is 6.10. The van der Waals surface area contributed by atoms with Crippen molar-refractivity contribution in [3.63, 3.8) is 0 Å². The lowest BCUT2D eigenvalue weighted by Gasteiger charge is -2.24. The maximum Gasteiger partial charge on any atom is 0.152 e. The van der Waals surface area contributed by atoms with Crippen LogP contribution in [0, 0.1) is 12.8 Å². The molecule has 2 unspecified atom stereocenters. The molecule has 0 radical (unpaired) electrons. The second-order valence-corrected chi connectivity index (χ2v) is 4.99. The van der Waals surface area contributed by atoms with Crippen molar-refractivity contribution in [3.8, 4) is 0 Å². The number of aromatic nitrogens is 1. The first-order valence-electron chi connectivity index (χ1n) is 6.17. The van der Waals surface area contributed by atoms with E-state index < -0.39 is 0 Å². The molecule has 94 valence electrons. The molecule has 1 fully saturated rings. The number of pyridine rings is 1. The fraction of sp³-hybridized carbons (Fsp3) is 0.615. The van der Waals surface area contributed by atoms with Crippen LogP contribution in [0.25, 0.3) is 0 Å². The average molecular weight is 255 g/mol. The van der Waals surface area contributed by atoms with E-state index in [1.807, 2.05) is 13.0 Å². The van der Waals surface area contributed by atoms with Gasteiger partial charge < -0.3 is 10.1 Å². The monoisotopic (exact) mass is 254 g/mol. The molecular formula is C13H19ClN2O. The highest BCUT2D eigenvalue weighted by molar-refractivity contribution is 6.31. The number of nitrogens with zero attached hydrogens (tertiary/aromatic N) is 1. The molecule has 17 heavy (non-hydrogen) atoms. The van der Waals surface area contributed by atoms with Crippen molar-refractivity contribution in [2.24, 2.45) is 5.92 Å². The Labute approximate surface area is 108 Å². The predicted molar refractivity (Wildman–Crippen MR) is 70.6 cm³/mol. The maximum absolute atomic E-state index is 6.10. The van der Waals surface area contributed by atoms with Crippen LogP contribution in [0.2, 0.25) is 5.15 Å². The van der Waals surface area contributed by atoms with Gasteiger partial charge in [0, 0.05) is 24.8 Å². The van der Waals surface area contributed by atoms with E-state index in [2.05, 4.69) is 17.2 Å². The standard InChI is InChI=1S/C13H19ClN2O/c1-3-11(10-4-5-17-8-10)16-12-6-9(2)7-15-13(12)14/h6-7,10-11,16H,3-5,8H2,1-2H3. The minimum atomic E-state index is 0.415. The molecule has 1 aliphatic rings. The molecule has 1 aromatic rings. The summed E-state index contributed by atoms with van der Waals surface area (Å²) in [5, 5.41) is 4.05. The van der Waals surface area contributed by atoms with Crippen LogP contribution in [0.1, 0.15) is 25.3 Å². The topological polar surface area (TPSA) is 34.2 Å². The fourth-order valence-corrected chi connectivity index (χ4v) is 2.43. The van der Waals surface area contributed by atoms with Crippen LogP contribution >= 0.6 is 11.6 Å². The number of aryl methyl sites for hydroxylation is 1. The lowest BCUT2D eigenvalue weighted by Crippen LogP contribution is -2.29. The average Bonchev–Trinajstić information content (AvgIpc) is 2.84. The summed E-state index contributed by atoms with van der Waals surface area (Å²) in [6.45, 7) is 5.94. The SMILES string of the molecule is CCC(Nc1cc(C)cnc1Cl)C1CCOC1. The molecule has 1 saturated heterocycles. The summed E-state index contributed by atoms with van der Waals surface area (Å²) in [6.07, 6.45) is 3.98. The van der Waals surface area contributed by atoms with E-state index in [-0.39, 0.29) is 0 Å². The molecule has 3 nitrogen and oxygen atoms in total. The molecule has 1 N–H and O–H groups in total. The van der Waals surface area contributed by atoms with E-state index in [1.54, 1.807) is 6.20 Å². The molecule has 4 heteroatoms. The summed E-state index contributed by atoms with van der Waals surface area (Å²) in [6, 6.07) is 2.46. The van der Waals surface area contributed by atoms with E-state index in [0.29, 0.717) is 17.1 Å². The molecule has 0 aliphatic carbocycles. The Morgan fingerprint density at radius 2 is 2.47 bits per heavy atom. The van der Waals surface area contributed by atoms with Crippen LogP contribution in [0.4, 0.5) is 5.69 Å². The van der Waals surface area contributed by atoms with Crippen molar-refractivity contribution in [1.82, 2.24) is 4.98 Å². The molecule has 2 atom stereocenters. The van der Waals surface area contributed by atoms with Crippen molar-refractivity contribution in [3.05, 3.63) is 23.0 Å². The lowest BCUT2D eigenvalue weighted by molar-refractivity contribution is 0.182. The molecule has 1 aliphatic heterocycles. The van der Waals surface area contributed by atoms with Crippen LogP contribution in [-0.2, 0) is 4.74 Å². The highest BCUT2D eigenvalue weighted by Crippen LogP contribution is 2.26. The molecule has 2 heterocycles. The van der Waals surface area contributed by atoms with Gasteiger partial charge in [-0.1, -0.05) is 18.5 Å². The zero-order chi connectivity index (χ0) is 12.3. The van der Waals surface area contributed by atoms with Crippen molar-refractivity contribution in [2.75, 3.05) is 18.5 Å². The number of nitrogens with one attached hydrogen (secondary N) is 1. The number of anilines is 1. The minimum Gasteiger partial charge on any atom is -0.381 e. The summed E-state index contributed by atoms with van der Waals surface area (Å²) in [5.74, 6) is 0.580. The highest BCUT2D eigenvalue weighted by atomic mass is 35.5. The fourth-order valence-electron chi connectivity index (χ4n) is 2.28. The van der Waals surface area contributed by atoms with Crippen molar-refractivity contribution in [2.45, 2.75) is 32.7 Å². The maximum atomic E-state index is 6.10. The first kappa shape index (κ1) is 12.7. The third kappa shape index (κ3) is 3.11. The summed E-state index contributed by atoms with van der Waals surface area (Å²) in [7, 11) is 0. The van der Waals surface area contributed by atoms with Gasteiger partial charge in [-0.05, 0) is 31.4 Å². The Bertz CT molecular complexity index is 378. The number of hydrogen-bond acceptors (Lipinski definition) is 3. The van der Waals surface area contributed by atoms with Gasteiger partial charge in [0.25, 0.3) is 0 Å². The van der Waals surface area contributed by atoms with Crippen LogP contribution in [0.15, 0.2) is 12.3 Å². The van der Waals surface area contributed by atoms with E-state index in [9.17, 15) is 0 Å². The largest absolute Gasteiger partial charge is 0.381 e. The molecule has 2 rings (SSSR count). The molecule has 0 aromatic carbocycles. The third-order valence-corrected chi connectivity index (χ3v) is 3.59. The van der Waals surface area contributed by atoms with E-state index in [0.717, 1.165) is 37.3 Å². The Hall–Kier alpha value is -0.800. The second-order valence-electron chi connectivity index (χ2n) is 4.63. The van der Waals surface area contributed by atoms with E-state index >= 15 is 0 Å². The lowest BCUT2D eigenvalue weighted by atomic mass is 9.96. The normalized spacial score (nSPS) is 21.5. The first-order valence-corrected chi connectivity index (χ1v) is 6.55. The van der Waals surface area contributed by atoms with Gasteiger partial charge in [-0.3, -0.25) is 0 Å². The molecule has 0 saturated carbocycles. The first-order chi connectivity index (χ1) is 8.20. The van der Waals surface area contributed by atoms with Crippen LogP contribution in [0.3, 0.4) is 0 Å². The Morgan fingerprint density at radius 3 is 3.12 bits per heavy atom.